The molecule has 4 rings (SSSR count). The van der Waals surface area contributed by atoms with E-state index in [4.69, 9.17) is 16.0 Å². The zero-order valence-corrected chi connectivity index (χ0v) is 17.4. The third-order valence-corrected chi connectivity index (χ3v) is 6.98. The predicted molar refractivity (Wildman–Crippen MR) is 108 cm³/mol. The summed E-state index contributed by atoms with van der Waals surface area (Å²) in [6.45, 7) is 1.47. The van der Waals surface area contributed by atoms with Gasteiger partial charge in [0.2, 0.25) is 26.6 Å². The molecular formula is C19H16BrClN2O3S. The quantitative estimate of drug-likeness (QED) is 0.528. The van der Waals surface area contributed by atoms with Crippen LogP contribution < -0.4 is 4.90 Å². The van der Waals surface area contributed by atoms with Gasteiger partial charge in [0.1, 0.15) is 0 Å². The highest BCUT2D eigenvalue weighted by atomic mass is 79.9. The van der Waals surface area contributed by atoms with Gasteiger partial charge in [0.15, 0.2) is 0 Å². The van der Waals surface area contributed by atoms with Gasteiger partial charge in [-0.3, -0.25) is 0 Å². The minimum absolute atomic E-state index is 0.0679. The third kappa shape index (κ3) is 3.51. The van der Waals surface area contributed by atoms with Crippen LogP contribution in [0.25, 0.3) is 11.5 Å². The smallest absolute Gasteiger partial charge is 0.236 e. The van der Waals surface area contributed by atoms with Gasteiger partial charge in [0, 0.05) is 17.6 Å². The second-order valence-electron chi connectivity index (χ2n) is 6.26. The maximum absolute atomic E-state index is 13.3. The van der Waals surface area contributed by atoms with E-state index >= 15 is 0 Å². The van der Waals surface area contributed by atoms with Crippen LogP contribution >= 0.6 is 27.5 Å². The maximum atomic E-state index is 13.3. The molecule has 0 atom stereocenters. The summed E-state index contributed by atoms with van der Waals surface area (Å²) in [5.74, 6) is 0.489. The standard InChI is InChI=1S/C19H16BrClN2O3S/c20-13-7-9-14(10-8-13)27(24,25)18-19(23-11-3-4-12-23)26-17(22-18)15-5-1-2-6-16(15)21/h1-2,5-10H,3-4,11-12H2. The van der Waals surface area contributed by atoms with Gasteiger partial charge in [-0.2, -0.15) is 4.98 Å². The average molecular weight is 468 g/mol. The summed E-state index contributed by atoms with van der Waals surface area (Å²) in [6, 6.07) is 13.6. The molecule has 1 aliphatic rings. The Morgan fingerprint density at radius 2 is 1.70 bits per heavy atom. The molecule has 140 valence electrons. The van der Waals surface area contributed by atoms with Crippen LogP contribution in [0.1, 0.15) is 12.8 Å². The van der Waals surface area contributed by atoms with Crippen LogP contribution in [0.15, 0.2) is 67.3 Å². The molecule has 0 bridgehead atoms. The zero-order chi connectivity index (χ0) is 19.0. The van der Waals surface area contributed by atoms with E-state index < -0.39 is 9.84 Å². The Kier molecular flexibility index (Phi) is 5.01. The summed E-state index contributed by atoms with van der Waals surface area (Å²) in [5, 5.41) is 0.390. The van der Waals surface area contributed by atoms with E-state index in [0.717, 1.165) is 30.4 Å². The van der Waals surface area contributed by atoms with Crippen LogP contribution in [-0.4, -0.2) is 26.5 Å². The van der Waals surface area contributed by atoms with Crippen molar-refractivity contribution in [2.45, 2.75) is 22.8 Å². The molecule has 27 heavy (non-hydrogen) atoms. The molecule has 0 amide bonds. The van der Waals surface area contributed by atoms with E-state index in [1.807, 2.05) is 11.0 Å². The number of oxazole rings is 1. The van der Waals surface area contributed by atoms with E-state index in [1.54, 1.807) is 42.5 Å². The van der Waals surface area contributed by atoms with Gasteiger partial charge in [0.05, 0.1) is 15.5 Å². The van der Waals surface area contributed by atoms with E-state index in [0.29, 0.717) is 10.6 Å². The molecule has 5 nitrogen and oxygen atoms in total. The average Bonchev–Trinajstić information content (AvgIpc) is 3.32. The Balaban J connectivity index is 1.88. The SMILES string of the molecule is O=S(=O)(c1ccc(Br)cc1)c1nc(-c2ccccc2Cl)oc1N1CCCC1. The molecule has 3 aromatic rings. The van der Waals surface area contributed by atoms with E-state index in [9.17, 15) is 8.42 Å². The first kappa shape index (κ1) is 18.5. The molecule has 2 aromatic carbocycles. The van der Waals surface area contributed by atoms with E-state index in [1.165, 1.54) is 0 Å². The topological polar surface area (TPSA) is 63.4 Å². The van der Waals surface area contributed by atoms with Gasteiger partial charge < -0.3 is 9.32 Å². The highest BCUT2D eigenvalue weighted by Gasteiger charge is 2.32. The van der Waals surface area contributed by atoms with Gasteiger partial charge in [-0.1, -0.05) is 39.7 Å². The number of rotatable bonds is 4. The molecule has 0 spiro atoms. The summed E-state index contributed by atoms with van der Waals surface area (Å²) in [5.41, 5.74) is 0.567. The number of halogens is 2. The molecule has 0 aliphatic carbocycles. The summed E-state index contributed by atoms with van der Waals surface area (Å²) >= 11 is 9.59. The van der Waals surface area contributed by atoms with Crippen LogP contribution in [0.4, 0.5) is 5.88 Å². The van der Waals surface area contributed by atoms with Crippen LogP contribution in [0.5, 0.6) is 0 Å². The fraction of sp³-hybridized carbons (Fsp3) is 0.211. The minimum atomic E-state index is -3.83. The van der Waals surface area contributed by atoms with Gasteiger partial charge in [0.25, 0.3) is 0 Å². The molecule has 1 aromatic heterocycles. The molecule has 1 saturated heterocycles. The second-order valence-corrected chi connectivity index (χ2v) is 9.45. The highest BCUT2D eigenvalue weighted by molar-refractivity contribution is 9.10. The monoisotopic (exact) mass is 466 g/mol. The number of nitrogens with zero attached hydrogens (tertiary/aromatic N) is 2. The minimum Gasteiger partial charge on any atom is -0.419 e. The largest absolute Gasteiger partial charge is 0.419 e. The lowest BCUT2D eigenvalue weighted by atomic mass is 10.2. The number of sulfone groups is 1. The first-order chi connectivity index (χ1) is 13.0. The van der Waals surface area contributed by atoms with Gasteiger partial charge >= 0.3 is 0 Å². The molecule has 0 saturated carbocycles. The van der Waals surface area contributed by atoms with Crippen molar-refractivity contribution in [1.29, 1.82) is 0 Å². The van der Waals surface area contributed by atoms with Crippen molar-refractivity contribution in [3.63, 3.8) is 0 Å². The van der Waals surface area contributed by atoms with Crippen molar-refractivity contribution in [3.05, 3.63) is 58.0 Å². The number of anilines is 1. The molecule has 0 unspecified atom stereocenters. The van der Waals surface area contributed by atoms with Crippen molar-refractivity contribution in [1.82, 2.24) is 4.98 Å². The maximum Gasteiger partial charge on any atom is 0.236 e. The summed E-state index contributed by atoms with van der Waals surface area (Å²) in [4.78, 5) is 6.46. The normalized spacial score (nSPS) is 14.7. The van der Waals surface area contributed by atoms with Gasteiger partial charge in [-0.15, -0.1) is 0 Å². The van der Waals surface area contributed by atoms with Crippen LogP contribution in [-0.2, 0) is 9.84 Å². The second kappa shape index (κ2) is 7.30. The Morgan fingerprint density at radius 1 is 1.04 bits per heavy atom. The molecule has 1 aliphatic heterocycles. The van der Waals surface area contributed by atoms with E-state index in [2.05, 4.69) is 20.9 Å². The van der Waals surface area contributed by atoms with Crippen LogP contribution in [0.3, 0.4) is 0 Å². The number of hydrogen-bond acceptors (Lipinski definition) is 5. The third-order valence-electron chi connectivity index (χ3n) is 4.46. The lowest BCUT2D eigenvalue weighted by Crippen LogP contribution is -2.19. The molecule has 2 heterocycles. The van der Waals surface area contributed by atoms with Gasteiger partial charge in [-0.25, -0.2) is 8.42 Å². The highest BCUT2D eigenvalue weighted by Crippen LogP contribution is 2.38. The number of hydrogen-bond donors (Lipinski definition) is 0. The van der Waals surface area contributed by atoms with Crippen molar-refractivity contribution in [2.24, 2.45) is 0 Å². The Hall–Kier alpha value is -1.83. The Morgan fingerprint density at radius 3 is 2.37 bits per heavy atom. The fourth-order valence-electron chi connectivity index (χ4n) is 3.07. The van der Waals surface area contributed by atoms with Crippen molar-refractivity contribution >= 4 is 43.3 Å². The lowest BCUT2D eigenvalue weighted by Gasteiger charge is -2.14. The summed E-state index contributed by atoms with van der Waals surface area (Å²) in [6.07, 6.45) is 1.97. The number of benzene rings is 2. The van der Waals surface area contributed by atoms with Gasteiger partial charge in [-0.05, 0) is 49.2 Å². The van der Waals surface area contributed by atoms with Crippen molar-refractivity contribution in [2.75, 3.05) is 18.0 Å². The van der Waals surface area contributed by atoms with E-state index in [-0.39, 0.29) is 21.7 Å². The van der Waals surface area contributed by atoms with Crippen molar-refractivity contribution < 1.29 is 12.8 Å². The predicted octanol–water partition coefficient (Wildman–Crippen LogP) is 5.19. The molecule has 8 heteroatoms. The summed E-state index contributed by atoms with van der Waals surface area (Å²) in [7, 11) is -3.83. The van der Waals surface area contributed by atoms with Crippen molar-refractivity contribution in [3.8, 4) is 11.5 Å². The molecular weight excluding hydrogens is 452 g/mol. The fourth-order valence-corrected chi connectivity index (χ4v) is 4.87. The first-order valence-electron chi connectivity index (χ1n) is 8.48. The van der Waals surface area contributed by atoms with Crippen LogP contribution in [0, 0.1) is 0 Å². The zero-order valence-electron chi connectivity index (χ0n) is 14.2. The molecule has 0 radical (unpaired) electrons. The van der Waals surface area contributed by atoms with Crippen LogP contribution in [0.2, 0.25) is 5.02 Å². The Labute approximate surface area is 171 Å². The molecule has 0 N–H and O–H groups in total. The number of aromatic nitrogens is 1. The summed E-state index contributed by atoms with van der Waals surface area (Å²) < 4.78 is 33.3. The first-order valence-corrected chi connectivity index (χ1v) is 11.1. The molecule has 1 fully saturated rings. The Bertz CT molecular complexity index is 1070. The lowest BCUT2D eigenvalue weighted by molar-refractivity contribution is 0.556.